The topological polar surface area (TPSA) is 77.1 Å². The Balaban J connectivity index is 1.96. The molecular weight excluding hydrogens is 268 g/mol. The van der Waals surface area contributed by atoms with E-state index in [-0.39, 0.29) is 5.91 Å². The fraction of sp³-hybridized carbons (Fsp3) is 0.286. The van der Waals surface area contributed by atoms with Crippen LogP contribution < -0.4 is 5.32 Å². The summed E-state index contributed by atoms with van der Waals surface area (Å²) >= 11 is 0. The highest BCUT2D eigenvalue weighted by Gasteiger charge is 2.17. The van der Waals surface area contributed by atoms with Crippen molar-refractivity contribution in [1.82, 2.24) is 24.4 Å². The summed E-state index contributed by atoms with van der Waals surface area (Å²) < 4.78 is 3.35. The molecule has 21 heavy (non-hydrogen) atoms. The first-order valence-electron chi connectivity index (χ1n) is 6.74. The minimum Gasteiger partial charge on any atom is -0.306 e. The molecule has 0 aliphatic heterocycles. The van der Waals surface area contributed by atoms with E-state index in [0.717, 1.165) is 11.1 Å². The Labute approximate surface area is 121 Å². The second-order valence-electron chi connectivity index (χ2n) is 4.90. The first-order valence-corrected chi connectivity index (χ1v) is 6.74. The summed E-state index contributed by atoms with van der Waals surface area (Å²) in [6.07, 6.45) is 6.81. The summed E-state index contributed by atoms with van der Waals surface area (Å²) in [5.74, 6) is 0.466. The fourth-order valence-corrected chi connectivity index (χ4v) is 2.18. The van der Waals surface area contributed by atoms with Crippen molar-refractivity contribution < 1.29 is 4.79 Å². The lowest BCUT2D eigenvalue weighted by atomic mass is 10.3. The van der Waals surface area contributed by atoms with Crippen molar-refractivity contribution in [3.05, 3.63) is 41.5 Å². The Hall–Kier alpha value is -2.70. The zero-order valence-corrected chi connectivity index (χ0v) is 12.2. The van der Waals surface area contributed by atoms with Gasteiger partial charge in [-0.1, -0.05) is 0 Å². The Morgan fingerprint density at radius 2 is 2.05 bits per heavy atom. The van der Waals surface area contributed by atoms with Crippen molar-refractivity contribution >= 4 is 17.4 Å². The highest BCUT2D eigenvalue weighted by atomic mass is 16.1. The molecule has 0 bridgehead atoms. The Kier molecular flexibility index (Phi) is 3.17. The van der Waals surface area contributed by atoms with Gasteiger partial charge < -0.3 is 5.32 Å². The molecule has 0 radical (unpaired) electrons. The quantitative estimate of drug-likeness (QED) is 0.795. The molecular formula is C14H16N6O. The summed E-state index contributed by atoms with van der Waals surface area (Å²) in [5, 5.41) is 11.3. The molecule has 0 atom stereocenters. The maximum absolute atomic E-state index is 12.4. The van der Waals surface area contributed by atoms with Crippen LogP contribution in [-0.2, 0) is 6.54 Å². The number of nitrogens with zero attached hydrogens (tertiary/aromatic N) is 5. The molecule has 0 aromatic carbocycles. The molecule has 0 fully saturated rings. The number of rotatable bonds is 3. The maximum atomic E-state index is 12.4. The monoisotopic (exact) mass is 284 g/mol. The predicted molar refractivity (Wildman–Crippen MR) is 78.3 cm³/mol. The average Bonchev–Trinajstić information content (AvgIpc) is 3.03. The van der Waals surface area contributed by atoms with Gasteiger partial charge in [-0.05, 0) is 26.3 Å². The van der Waals surface area contributed by atoms with Gasteiger partial charge in [-0.15, -0.1) is 0 Å². The standard InChI is InChI=1S/C14H16N6O/c1-4-19-12(10(3)6-16-19)18-14(21)11-7-17-20-8-9(2)5-15-13(11)20/h5-8H,4H2,1-3H3,(H,18,21). The van der Waals surface area contributed by atoms with E-state index in [4.69, 9.17) is 0 Å². The summed E-state index contributed by atoms with van der Waals surface area (Å²) in [6.45, 7) is 6.50. The van der Waals surface area contributed by atoms with Crippen molar-refractivity contribution in [1.29, 1.82) is 0 Å². The third-order valence-electron chi connectivity index (χ3n) is 3.28. The fourth-order valence-electron chi connectivity index (χ4n) is 2.18. The smallest absolute Gasteiger partial charge is 0.262 e. The van der Waals surface area contributed by atoms with Gasteiger partial charge in [0.1, 0.15) is 11.4 Å². The molecule has 7 nitrogen and oxygen atoms in total. The van der Waals surface area contributed by atoms with Gasteiger partial charge in [-0.25, -0.2) is 14.2 Å². The number of hydrogen-bond donors (Lipinski definition) is 1. The van der Waals surface area contributed by atoms with Crippen LogP contribution in [0, 0.1) is 13.8 Å². The Morgan fingerprint density at radius 3 is 2.81 bits per heavy atom. The molecule has 0 saturated carbocycles. The van der Waals surface area contributed by atoms with E-state index in [1.54, 1.807) is 21.6 Å². The van der Waals surface area contributed by atoms with Gasteiger partial charge >= 0.3 is 0 Å². The molecule has 0 saturated heterocycles. The lowest BCUT2D eigenvalue weighted by Gasteiger charge is -2.07. The normalized spacial score (nSPS) is 11.0. The first-order chi connectivity index (χ1) is 10.1. The van der Waals surface area contributed by atoms with Gasteiger partial charge in [0.25, 0.3) is 5.91 Å². The largest absolute Gasteiger partial charge is 0.306 e. The molecule has 0 aliphatic rings. The van der Waals surface area contributed by atoms with E-state index >= 15 is 0 Å². The molecule has 3 aromatic heterocycles. The highest BCUT2D eigenvalue weighted by Crippen LogP contribution is 2.16. The van der Waals surface area contributed by atoms with Crippen molar-refractivity contribution in [2.24, 2.45) is 0 Å². The molecule has 108 valence electrons. The van der Waals surface area contributed by atoms with Gasteiger partial charge in [0.2, 0.25) is 0 Å². The summed E-state index contributed by atoms with van der Waals surface area (Å²) in [4.78, 5) is 16.7. The van der Waals surface area contributed by atoms with E-state index in [9.17, 15) is 4.79 Å². The third kappa shape index (κ3) is 2.26. The zero-order valence-electron chi connectivity index (χ0n) is 12.2. The Morgan fingerprint density at radius 1 is 1.24 bits per heavy atom. The van der Waals surface area contributed by atoms with Crippen LogP contribution in [0.15, 0.2) is 24.8 Å². The maximum Gasteiger partial charge on any atom is 0.262 e. The van der Waals surface area contributed by atoms with Crippen LogP contribution in [0.3, 0.4) is 0 Å². The van der Waals surface area contributed by atoms with Crippen molar-refractivity contribution in [3.8, 4) is 0 Å². The SMILES string of the molecule is CCn1ncc(C)c1NC(=O)c1cnn2cc(C)cnc12. The second kappa shape index (κ2) is 5.01. The molecule has 3 rings (SSSR count). The third-order valence-corrected chi connectivity index (χ3v) is 3.28. The Bertz CT molecular complexity index is 816. The average molecular weight is 284 g/mol. The minimum absolute atomic E-state index is 0.236. The zero-order chi connectivity index (χ0) is 15.0. The number of aryl methyl sites for hydroxylation is 3. The second-order valence-corrected chi connectivity index (χ2v) is 4.90. The van der Waals surface area contributed by atoms with Crippen molar-refractivity contribution in [2.75, 3.05) is 5.32 Å². The lowest BCUT2D eigenvalue weighted by Crippen LogP contribution is -2.16. The molecule has 7 heteroatoms. The van der Waals surface area contributed by atoms with E-state index in [1.165, 1.54) is 6.20 Å². The summed E-state index contributed by atoms with van der Waals surface area (Å²) in [6, 6.07) is 0. The molecule has 1 amide bonds. The van der Waals surface area contributed by atoms with E-state index < -0.39 is 0 Å². The molecule has 3 aromatic rings. The van der Waals surface area contributed by atoms with Gasteiger partial charge in [0.15, 0.2) is 5.65 Å². The number of amides is 1. The first kappa shape index (κ1) is 13.3. The number of carbonyl (C=O) groups is 1. The summed E-state index contributed by atoms with van der Waals surface area (Å²) in [7, 11) is 0. The van der Waals surface area contributed by atoms with Crippen LogP contribution in [0.1, 0.15) is 28.4 Å². The number of nitrogens with one attached hydrogen (secondary N) is 1. The van der Waals surface area contributed by atoms with Crippen LogP contribution in [-0.4, -0.2) is 30.3 Å². The van der Waals surface area contributed by atoms with Crippen LogP contribution in [0.25, 0.3) is 5.65 Å². The number of hydrogen-bond acceptors (Lipinski definition) is 4. The van der Waals surface area contributed by atoms with Crippen molar-refractivity contribution in [2.45, 2.75) is 27.3 Å². The highest BCUT2D eigenvalue weighted by molar-refractivity contribution is 6.08. The van der Waals surface area contributed by atoms with Crippen LogP contribution in [0.4, 0.5) is 5.82 Å². The number of aromatic nitrogens is 5. The lowest BCUT2D eigenvalue weighted by molar-refractivity contribution is 0.102. The molecule has 1 N–H and O–H groups in total. The molecule has 0 unspecified atom stereocenters. The van der Waals surface area contributed by atoms with Gasteiger partial charge in [0, 0.05) is 24.5 Å². The number of fused-ring (bicyclic) bond motifs is 1. The van der Waals surface area contributed by atoms with Crippen LogP contribution >= 0.6 is 0 Å². The summed E-state index contributed by atoms with van der Waals surface area (Å²) in [5.41, 5.74) is 2.89. The van der Waals surface area contributed by atoms with E-state index in [1.807, 2.05) is 27.0 Å². The van der Waals surface area contributed by atoms with E-state index in [0.29, 0.717) is 23.6 Å². The van der Waals surface area contributed by atoms with Gasteiger partial charge in [-0.2, -0.15) is 10.2 Å². The van der Waals surface area contributed by atoms with Gasteiger partial charge in [0.05, 0.1) is 12.4 Å². The predicted octanol–water partition coefficient (Wildman–Crippen LogP) is 1.81. The molecule has 3 heterocycles. The number of anilines is 1. The number of carbonyl (C=O) groups excluding carboxylic acids is 1. The van der Waals surface area contributed by atoms with Crippen LogP contribution in [0.2, 0.25) is 0 Å². The molecule has 0 spiro atoms. The minimum atomic E-state index is -0.236. The van der Waals surface area contributed by atoms with Crippen LogP contribution in [0.5, 0.6) is 0 Å². The van der Waals surface area contributed by atoms with E-state index in [2.05, 4.69) is 20.5 Å². The van der Waals surface area contributed by atoms with Gasteiger partial charge in [-0.3, -0.25) is 4.79 Å². The van der Waals surface area contributed by atoms with Crippen molar-refractivity contribution in [3.63, 3.8) is 0 Å². The molecule has 0 aliphatic carbocycles.